The number of carbonyl (C=O) groups is 3. The molecule has 1 saturated carbocycles. The predicted molar refractivity (Wildman–Crippen MR) is 122 cm³/mol. The summed E-state index contributed by atoms with van der Waals surface area (Å²) in [6.07, 6.45) is 4.43. The van der Waals surface area contributed by atoms with Gasteiger partial charge in [-0.15, -0.1) is 0 Å². The Bertz CT molecular complexity index is 1010. The van der Waals surface area contributed by atoms with Crippen molar-refractivity contribution in [2.45, 2.75) is 51.0 Å². The lowest BCUT2D eigenvalue weighted by Crippen LogP contribution is -2.34. The quantitative estimate of drug-likeness (QED) is 0.416. The maximum Gasteiger partial charge on any atom is 0.306 e. The van der Waals surface area contributed by atoms with Gasteiger partial charge >= 0.3 is 5.97 Å². The molecule has 7 heteroatoms. The van der Waals surface area contributed by atoms with Gasteiger partial charge in [0.25, 0.3) is 11.8 Å². The molecular weight excluding hydrogens is 422 g/mol. The van der Waals surface area contributed by atoms with Gasteiger partial charge in [-0.05, 0) is 62.4 Å². The minimum absolute atomic E-state index is 0.0381. The second kappa shape index (κ2) is 10.1. The molecule has 1 atom stereocenters. The summed E-state index contributed by atoms with van der Waals surface area (Å²) in [7, 11) is 1.59. The fraction of sp³-hybridized carbons (Fsp3) is 0.423. The lowest BCUT2D eigenvalue weighted by Gasteiger charge is -2.24. The van der Waals surface area contributed by atoms with Gasteiger partial charge in [-0.3, -0.25) is 19.3 Å². The van der Waals surface area contributed by atoms with E-state index in [1.54, 1.807) is 44.4 Å². The second-order valence-electron chi connectivity index (χ2n) is 8.41. The predicted octanol–water partition coefficient (Wildman–Crippen LogP) is 4.35. The number of rotatable bonds is 9. The number of ether oxygens (including phenoxy) is 3. The van der Waals surface area contributed by atoms with Crippen LogP contribution >= 0.6 is 0 Å². The standard InChI is InChI=1S/C26H29NO6/c1-3-32-24(28)15-18(16-27-25(29)20-10-6-7-11-21(20)26(27)30)17-12-13-22(31-2)23(14-17)33-19-8-4-5-9-19/h6-7,10-14,18-19H,3-5,8-9,15-16H2,1-2H3/t18-/m1/s1. The summed E-state index contributed by atoms with van der Waals surface area (Å²) in [6, 6.07) is 12.3. The van der Waals surface area contributed by atoms with Crippen LogP contribution in [0, 0.1) is 0 Å². The van der Waals surface area contributed by atoms with E-state index in [1.165, 1.54) is 4.90 Å². The molecular formula is C26H29NO6. The van der Waals surface area contributed by atoms with Crippen LogP contribution in [0.1, 0.15) is 71.2 Å². The summed E-state index contributed by atoms with van der Waals surface area (Å²) in [5.41, 5.74) is 1.56. The number of carbonyl (C=O) groups excluding carboxylic acids is 3. The molecule has 0 spiro atoms. The van der Waals surface area contributed by atoms with E-state index in [2.05, 4.69) is 0 Å². The highest BCUT2D eigenvalue weighted by Crippen LogP contribution is 2.36. The molecule has 0 radical (unpaired) electrons. The molecule has 0 N–H and O–H groups in total. The Balaban J connectivity index is 1.62. The molecule has 4 rings (SSSR count). The Morgan fingerprint density at radius 3 is 2.30 bits per heavy atom. The highest BCUT2D eigenvalue weighted by Gasteiger charge is 2.37. The van der Waals surface area contributed by atoms with Crippen LogP contribution in [-0.2, 0) is 9.53 Å². The Morgan fingerprint density at radius 1 is 1.03 bits per heavy atom. The van der Waals surface area contributed by atoms with Crippen LogP contribution in [-0.4, -0.2) is 49.0 Å². The van der Waals surface area contributed by atoms with Gasteiger partial charge in [-0.25, -0.2) is 0 Å². The molecule has 0 aromatic heterocycles. The van der Waals surface area contributed by atoms with Crippen molar-refractivity contribution in [3.63, 3.8) is 0 Å². The van der Waals surface area contributed by atoms with Gasteiger partial charge in [0, 0.05) is 12.5 Å². The van der Waals surface area contributed by atoms with Crippen molar-refractivity contribution in [2.24, 2.45) is 0 Å². The van der Waals surface area contributed by atoms with Crippen LogP contribution in [0.2, 0.25) is 0 Å². The summed E-state index contributed by atoms with van der Waals surface area (Å²) in [6.45, 7) is 2.08. The zero-order valence-corrected chi connectivity index (χ0v) is 19.0. The van der Waals surface area contributed by atoms with E-state index in [0.717, 1.165) is 31.2 Å². The third kappa shape index (κ3) is 4.87. The Hall–Kier alpha value is -3.35. The summed E-state index contributed by atoms with van der Waals surface area (Å²) >= 11 is 0. The lowest BCUT2D eigenvalue weighted by molar-refractivity contribution is -0.143. The first-order valence-corrected chi connectivity index (χ1v) is 11.5. The number of hydrogen-bond acceptors (Lipinski definition) is 6. The summed E-state index contributed by atoms with van der Waals surface area (Å²) in [5, 5.41) is 0. The summed E-state index contributed by atoms with van der Waals surface area (Å²) in [5.74, 6) is -0.295. The number of hydrogen-bond donors (Lipinski definition) is 0. The van der Waals surface area contributed by atoms with Gasteiger partial charge in [0.15, 0.2) is 11.5 Å². The zero-order valence-electron chi connectivity index (χ0n) is 19.0. The van der Waals surface area contributed by atoms with Crippen molar-refractivity contribution in [2.75, 3.05) is 20.3 Å². The Morgan fingerprint density at radius 2 is 1.70 bits per heavy atom. The first kappa shape index (κ1) is 22.8. The van der Waals surface area contributed by atoms with Crippen molar-refractivity contribution >= 4 is 17.8 Å². The van der Waals surface area contributed by atoms with Crippen molar-refractivity contribution in [3.05, 3.63) is 59.2 Å². The molecule has 174 valence electrons. The lowest BCUT2D eigenvalue weighted by atomic mass is 9.94. The molecule has 0 bridgehead atoms. The summed E-state index contributed by atoms with van der Waals surface area (Å²) in [4.78, 5) is 39.5. The molecule has 0 unspecified atom stereocenters. The summed E-state index contributed by atoms with van der Waals surface area (Å²) < 4.78 is 16.9. The number of benzene rings is 2. The molecule has 1 heterocycles. The van der Waals surface area contributed by atoms with Crippen LogP contribution in [0.25, 0.3) is 0 Å². The minimum Gasteiger partial charge on any atom is -0.493 e. The number of esters is 1. The normalized spacial score (nSPS) is 16.6. The fourth-order valence-electron chi connectivity index (χ4n) is 4.56. The van der Waals surface area contributed by atoms with Crippen LogP contribution in [0.5, 0.6) is 11.5 Å². The molecule has 33 heavy (non-hydrogen) atoms. The van der Waals surface area contributed by atoms with Gasteiger partial charge in [0.05, 0.1) is 37.4 Å². The van der Waals surface area contributed by atoms with E-state index >= 15 is 0 Å². The molecule has 7 nitrogen and oxygen atoms in total. The van der Waals surface area contributed by atoms with E-state index < -0.39 is 5.92 Å². The maximum atomic E-state index is 12.9. The van der Waals surface area contributed by atoms with Crippen LogP contribution in [0.4, 0.5) is 0 Å². The van der Waals surface area contributed by atoms with Crippen LogP contribution < -0.4 is 9.47 Å². The number of nitrogens with zero attached hydrogens (tertiary/aromatic N) is 1. The third-order valence-electron chi connectivity index (χ3n) is 6.25. The van der Waals surface area contributed by atoms with Gasteiger partial charge in [-0.2, -0.15) is 0 Å². The van der Waals surface area contributed by atoms with E-state index in [4.69, 9.17) is 14.2 Å². The van der Waals surface area contributed by atoms with Crippen LogP contribution in [0.3, 0.4) is 0 Å². The number of amides is 2. The molecule has 1 aliphatic carbocycles. The van der Waals surface area contributed by atoms with Gasteiger partial charge < -0.3 is 14.2 Å². The van der Waals surface area contributed by atoms with Gasteiger partial charge in [0.2, 0.25) is 0 Å². The number of methoxy groups -OCH3 is 1. The molecule has 1 fully saturated rings. The van der Waals surface area contributed by atoms with Crippen molar-refractivity contribution < 1.29 is 28.6 Å². The highest BCUT2D eigenvalue weighted by molar-refractivity contribution is 6.21. The van der Waals surface area contributed by atoms with E-state index in [-0.39, 0.29) is 43.5 Å². The maximum absolute atomic E-state index is 12.9. The van der Waals surface area contributed by atoms with Crippen LogP contribution in [0.15, 0.2) is 42.5 Å². The van der Waals surface area contributed by atoms with Crippen molar-refractivity contribution in [1.29, 1.82) is 0 Å². The second-order valence-corrected chi connectivity index (χ2v) is 8.41. The smallest absolute Gasteiger partial charge is 0.306 e. The van der Waals surface area contributed by atoms with E-state index in [9.17, 15) is 14.4 Å². The SMILES string of the molecule is CCOC(=O)C[C@H](CN1C(=O)c2ccccc2C1=O)c1ccc(OC)c(OC2CCCC2)c1. The Kier molecular flexibility index (Phi) is 6.96. The first-order chi connectivity index (χ1) is 16.0. The molecule has 1 aliphatic heterocycles. The average molecular weight is 452 g/mol. The van der Waals surface area contributed by atoms with E-state index in [1.807, 2.05) is 12.1 Å². The van der Waals surface area contributed by atoms with Crippen molar-refractivity contribution in [3.8, 4) is 11.5 Å². The minimum atomic E-state index is -0.442. The number of fused-ring (bicyclic) bond motifs is 1. The van der Waals surface area contributed by atoms with E-state index in [0.29, 0.717) is 22.6 Å². The average Bonchev–Trinajstić information content (AvgIpc) is 3.41. The largest absolute Gasteiger partial charge is 0.493 e. The third-order valence-corrected chi connectivity index (χ3v) is 6.25. The molecule has 2 aliphatic rings. The Labute approximate surface area is 193 Å². The van der Waals surface area contributed by atoms with Gasteiger partial charge in [0.1, 0.15) is 0 Å². The van der Waals surface area contributed by atoms with Crippen molar-refractivity contribution in [1.82, 2.24) is 4.90 Å². The molecule has 2 aromatic rings. The fourth-order valence-corrected chi connectivity index (χ4v) is 4.56. The topological polar surface area (TPSA) is 82.1 Å². The molecule has 2 aromatic carbocycles. The number of imide groups is 1. The highest BCUT2D eigenvalue weighted by atomic mass is 16.5. The first-order valence-electron chi connectivity index (χ1n) is 11.5. The zero-order chi connectivity index (χ0) is 23.4. The monoisotopic (exact) mass is 451 g/mol. The van der Waals surface area contributed by atoms with Gasteiger partial charge in [-0.1, -0.05) is 18.2 Å². The molecule has 0 saturated heterocycles. The molecule has 2 amide bonds.